The molecule has 0 nitrogen and oxygen atoms in total. The molecule has 2 atom stereocenters. The van der Waals surface area contributed by atoms with Crippen molar-refractivity contribution in [1.29, 1.82) is 0 Å². The molecule has 4 rings (SSSR count). The molecule has 0 saturated carbocycles. The van der Waals surface area contributed by atoms with Crippen molar-refractivity contribution in [2.24, 2.45) is 0 Å². The maximum absolute atomic E-state index is 2.51. The second kappa shape index (κ2) is 7.58. The molecule has 0 radical (unpaired) electrons. The number of benzene rings is 2. The summed E-state index contributed by atoms with van der Waals surface area (Å²) in [6, 6.07) is 18.3. The first kappa shape index (κ1) is 17.2. The van der Waals surface area contributed by atoms with Gasteiger partial charge < -0.3 is 0 Å². The van der Waals surface area contributed by atoms with E-state index in [4.69, 9.17) is 0 Å². The fraction of sp³-hybridized carbons (Fsp3) is 0.333. The van der Waals surface area contributed by atoms with Crippen molar-refractivity contribution in [3.05, 3.63) is 81.9 Å². The molecule has 1 heteroatoms. The van der Waals surface area contributed by atoms with E-state index in [1.54, 1.807) is 22.3 Å². The van der Waals surface area contributed by atoms with Crippen LogP contribution in [0.2, 0.25) is 0 Å². The Hall–Kier alpha value is -1.21. The summed E-state index contributed by atoms with van der Waals surface area (Å²) in [6.07, 6.45) is 10.1. The van der Waals surface area contributed by atoms with Gasteiger partial charge in [0.25, 0.3) is 0 Å². The molecule has 25 heavy (non-hydrogen) atoms. The normalized spacial score (nSPS) is 20.7. The Labute approximate surface area is 163 Å². The van der Waals surface area contributed by atoms with E-state index in [0.717, 1.165) is 7.35 Å². The topological polar surface area (TPSA) is 0 Å². The van der Waals surface area contributed by atoms with Gasteiger partial charge in [-0.2, -0.15) is 0 Å². The summed E-state index contributed by atoms with van der Waals surface area (Å²) >= 11 is -0.946. The van der Waals surface area contributed by atoms with Crippen LogP contribution in [-0.2, 0) is 22.9 Å². The molecule has 0 amide bonds. The first-order chi connectivity index (χ1) is 12.3. The SMILES string of the molecule is CCCC1=Cc2ccccc2[CH]1[Hf][CH]1C(CCC)=Cc2ccccc21. The van der Waals surface area contributed by atoms with Gasteiger partial charge in [0.2, 0.25) is 0 Å². The zero-order valence-electron chi connectivity index (χ0n) is 15.3. The van der Waals surface area contributed by atoms with E-state index in [0.29, 0.717) is 0 Å². The number of allylic oxidation sites excluding steroid dienone is 2. The third-order valence-corrected chi connectivity index (χ3v) is 12.7. The Bertz CT molecular complexity index is 758. The molecule has 0 N–H and O–H groups in total. The van der Waals surface area contributed by atoms with E-state index >= 15 is 0 Å². The quantitative estimate of drug-likeness (QED) is 0.383. The third kappa shape index (κ3) is 3.28. The molecule has 2 aromatic rings. The zero-order valence-corrected chi connectivity index (χ0v) is 18.8. The second-order valence-electron chi connectivity index (χ2n) is 7.23. The summed E-state index contributed by atoms with van der Waals surface area (Å²) in [4.78, 5) is 0. The van der Waals surface area contributed by atoms with Gasteiger partial charge in [-0.15, -0.1) is 0 Å². The molecule has 126 valence electrons. The van der Waals surface area contributed by atoms with Gasteiger partial charge in [-0.3, -0.25) is 0 Å². The molecule has 2 aliphatic carbocycles. The van der Waals surface area contributed by atoms with Crippen LogP contribution in [0, 0.1) is 0 Å². The molecular weight excluding hydrogens is 467 g/mol. The Morgan fingerprint density at radius 3 is 1.56 bits per heavy atom. The average molecular weight is 493 g/mol. The Kier molecular flexibility index (Phi) is 5.22. The molecule has 0 heterocycles. The summed E-state index contributed by atoms with van der Waals surface area (Å²) in [7, 11) is 0. The maximum atomic E-state index is 2.51. The van der Waals surface area contributed by atoms with E-state index in [9.17, 15) is 0 Å². The number of hydrogen-bond acceptors (Lipinski definition) is 0. The van der Waals surface area contributed by atoms with Crippen molar-refractivity contribution < 1.29 is 22.9 Å². The molecule has 2 aromatic carbocycles. The van der Waals surface area contributed by atoms with E-state index in [2.05, 4.69) is 74.5 Å². The van der Waals surface area contributed by atoms with E-state index in [1.807, 2.05) is 0 Å². The predicted molar refractivity (Wildman–Crippen MR) is 104 cm³/mol. The van der Waals surface area contributed by atoms with Crippen molar-refractivity contribution >= 4 is 12.2 Å². The van der Waals surface area contributed by atoms with E-state index < -0.39 is 22.9 Å². The molecule has 0 aromatic heterocycles. The number of fused-ring (bicyclic) bond motifs is 2. The van der Waals surface area contributed by atoms with Crippen LogP contribution in [0.3, 0.4) is 0 Å². The predicted octanol–water partition coefficient (Wildman–Crippen LogP) is 6.95. The summed E-state index contributed by atoms with van der Waals surface area (Å²) in [5.74, 6) is 0. The zero-order chi connectivity index (χ0) is 17.2. The first-order valence-electron chi connectivity index (χ1n) is 9.66. The van der Waals surface area contributed by atoms with Crippen molar-refractivity contribution in [2.75, 3.05) is 0 Å². The fourth-order valence-electron chi connectivity index (χ4n) is 4.35. The Balaban J connectivity index is 1.68. The van der Waals surface area contributed by atoms with Gasteiger partial charge in [-0.1, -0.05) is 0 Å². The van der Waals surface area contributed by atoms with Crippen LogP contribution in [-0.4, -0.2) is 0 Å². The van der Waals surface area contributed by atoms with Crippen LogP contribution in [0.25, 0.3) is 12.2 Å². The summed E-state index contributed by atoms with van der Waals surface area (Å²) in [5.41, 5.74) is 9.72. The van der Waals surface area contributed by atoms with Gasteiger partial charge in [0.05, 0.1) is 0 Å². The number of hydrogen-bond donors (Lipinski definition) is 0. The Morgan fingerprint density at radius 2 is 1.12 bits per heavy atom. The van der Waals surface area contributed by atoms with Gasteiger partial charge in [-0.25, -0.2) is 0 Å². The number of rotatable bonds is 6. The van der Waals surface area contributed by atoms with Gasteiger partial charge in [-0.05, 0) is 0 Å². The van der Waals surface area contributed by atoms with Crippen LogP contribution in [0.4, 0.5) is 0 Å². The van der Waals surface area contributed by atoms with Gasteiger partial charge in [0.15, 0.2) is 0 Å². The van der Waals surface area contributed by atoms with Crippen LogP contribution in [0.15, 0.2) is 59.7 Å². The second-order valence-corrected chi connectivity index (χ2v) is 12.6. The molecular formula is C24H26Hf. The summed E-state index contributed by atoms with van der Waals surface area (Å²) < 4.78 is 1.57. The van der Waals surface area contributed by atoms with Crippen molar-refractivity contribution in [3.63, 3.8) is 0 Å². The first-order valence-corrected chi connectivity index (χ1v) is 13.8. The third-order valence-electron chi connectivity index (χ3n) is 5.45. The fourth-order valence-corrected chi connectivity index (χ4v) is 11.9. The van der Waals surface area contributed by atoms with E-state index in [1.165, 1.54) is 36.8 Å². The van der Waals surface area contributed by atoms with Crippen molar-refractivity contribution in [2.45, 2.75) is 46.9 Å². The summed E-state index contributed by atoms with van der Waals surface area (Å²) in [5, 5.41) is 0. The molecule has 0 bridgehead atoms. The molecule has 0 saturated heterocycles. The average Bonchev–Trinajstić information content (AvgIpc) is 3.15. The standard InChI is InChI=1S/2C12H13.Hf/c2*1-2-5-10-8-11-6-3-4-7-12(11)9-10;/h2*3-4,6-9H,2,5H2,1H3;. The van der Waals surface area contributed by atoms with Crippen LogP contribution < -0.4 is 0 Å². The van der Waals surface area contributed by atoms with Gasteiger partial charge in [0.1, 0.15) is 0 Å². The van der Waals surface area contributed by atoms with Crippen LogP contribution >= 0.6 is 0 Å². The van der Waals surface area contributed by atoms with E-state index in [-0.39, 0.29) is 0 Å². The Morgan fingerprint density at radius 1 is 0.680 bits per heavy atom. The van der Waals surface area contributed by atoms with Crippen molar-refractivity contribution in [1.82, 2.24) is 0 Å². The molecule has 0 aliphatic heterocycles. The molecule has 2 aliphatic rings. The molecule has 0 spiro atoms. The molecule has 0 fully saturated rings. The van der Waals surface area contributed by atoms with Crippen molar-refractivity contribution in [3.8, 4) is 0 Å². The van der Waals surface area contributed by atoms with Crippen LogP contribution in [0.1, 0.15) is 69.1 Å². The summed E-state index contributed by atoms with van der Waals surface area (Å²) in [6.45, 7) is 4.64. The molecule has 2 unspecified atom stereocenters. The minimum absolute atomic E-state index is 0.785. The monoisotopic (exact) mass is 494 g/mol. The van der Waals surface area contributed by atoms with Crippen LogP contribution in [0.5, 0.6) is 0 Å². The van der Waals surface area contributed by atoms with Gasteiger partial charge in [0, 0.05) is 0 Å². The minimum atomic E-state index is -0.946. The van der Waals surface area contributed by atoms with Gasteiger partial charge >= 0.3 is 164 Å².